The minimum absolute atomic E-state index is 0.621. The zero-order chi connectivity index (χ0) is 20.4. The van der Waals surface area contributed by atoms with Gasteiger partial charge in [0.25, 0.3) is 0 Å². The molecular formula is C20H26ClN5O2S. The molecule has 0 saturated carbocycles. The number of hydrogen-bond donors (Lipinski definition) is 0. The third kappa shape index (κ3) is 4.57. The van der Waals surface area contributed by atoms with Crippen LogP contribution in [0, 0.1) is 11.7 Å². The Bertz CT molecular complexity index is 1040. The molecule has 0 N–H and O–H groups in total. The topological polar surface area (TPSA) is 51.6 Å². The number of aromatic nitrogens is 3. The number of fused-ring (bicyclic) bond motifs is 1. The molecule has 1 aliphatic heterocycles. The van der Waals surface area contributed by atoms with Crippen LogP contribution >= 0.6 is 23.8 Å². The number of aryl methyl sites for hydroxylation is 1. The van der Waals surface area contributed by atoms with Crippen molar-refractivity contribution in [1.29, 1.82) is 0 Å². The molecule has 0 unspecified atom stereocenters. The Labute approximate surface area is 180 Å². The first-order valence-corrected chi connectivity index (χ1v) is 10.6. The van der Waals surface area contributed by atoms with Gasteiger partial charge in [-0.2, -0.15) is 0 Å². The van der Waals surface area contributed by atoms with Gasteiger partial charge in [0, 0.05) is 57.5 Å². The van der Waals surface area contributed by atoms with Crippen LogP contribution in [0.1, 0.15) is 11.5 Å². The van der Waals surface area contributed by atoms with Gasteiger partial charge in [-0.15, -0.1) is 0 Å². The van der Waals surface area contributed by atoms with Gasteiger partial charge in [0.05, 0.1) is 30.0 Å². The molecule has 7 nitrogen and oxygen atoms in total. The maximum Gasteiger partial charge on any atom is 0.181 e. The molecule has 0 amide bonds. The first kappa shape index (κ1) is 20.6. The Morgan fingerprint density at radius 2 is 1.86 bits per heavy atom. The Kier molecular flexibility index (Phi) is 6.36. The zero-order valence-corrected chi connectivity index (χ0v) is 18.4. The van der Waals surface area contributed by atoms with Crippen LogP contribution in [-0.2, 0) is 24.5 Å². The smallest absolute Gasteiger partial charge is 0.181 e. The summed E-state index contributed by atoms with van der Waals surface area (Å²) >= 11 is 12.1. The number of imidazole rings is 1. The predicted octanol–water partition coefficient (Wildman–Crippen LogP) is 3.54. The van der Waals surface area contributed by atoms with Crippen molar-refractivity contribution in [3.8, 4) is 0 Å². The molecule has 3 aromatic rings. The van der Waals surface area contributed by atoms with E-state index in [2.05, 4.69) is 24.1 Å². The highest BCUT2D eigenvalue weighted by Gasteiger charge is 2.20. The molecule has 2 aromatic heterocycles. The lowest BCUT2D eigenvalue weighted by molar-refractivity contribution is 0.102. The predicted molar refractivity (Wildman–Crippen MR) is 116 cm³/mol. The van der Waals surface area contributed by atoms with E-state index in [1.165, 1.54) is 0 Å². The maximum absolute atomic E-state index is 6.28. The third-order valence-corrected chi connectivity index (χ3v) is 6.04. The molecule has 1 aliphatic rings. The fourth-order valence-electron chi connectivity index (χ4n) is 3.84. The van der Waals surface area contributed by atoms with Crippen molar-refractivity contribution in [2.24, 2.45) is 0 Å². The molecule has 0 atom stereocenters. The van der Waals surface area contributed by atoms with Crippen LogP contribution in [0.15, 0.2) is 28.8 Å². The van der Waals surface area contributed by atoms with E-state index in [-0.39, 0.29) is 0 Å². The van der Waals surface area contributed by atoms with Crippen LogP contribution in [0.25, 0.3) is 11.0 Å². The Hall–Kier alpha value is -1.71. The lowest BCUT2D eigenvalue weighted by Gasteiger charge is -2.34. The second-order valence-electron chi connectivity index (χ2n) is 7.45. The number of benzene rings is 1. The molecule has 1 fully saturated rings. The van der Waals surface area contributed by atoms with Crippen molar-refractivity contribution in [3.63, 3.8) is 0 Å². The molecule has 3 heterocycles. The third-order valence-electron chi connectivity index (χ3n) is 5.37. The Morgan fingerprint density at radius 1 is 1.10 bits per heavy atom. The number of piperazine rings is 1. The SMILES string of the molecule is COCCn1c(=S)n(CN2CCN(Cc3cc(C)on3)CC2)c2cc(Cl)ccc21. The second kappa shape index (κ2) is 8.97. The van der Waals surface area contributed by atoms with Crippen LogP contribution in [0.4, 0.5) is 0 Å². The summed E-state index contributed by atoms with van der Waals surface area (Å²) in [4.78, 5) is 4.84. The highest BCUT2D eigenvalue weighted by molar-refractivity contribution is 7.71. The van der Waals surface area contributed by atoms with E-state index in [0.717, 1.165) is 78.2 Å². The molecule has 9 heteroatoms. The Balaban J connectivity index is 1.47. The first-order chi connectivity index (χ1) is 14.0. The second-order valence-corrected chi connectivity index (χ2v) is 8.25. The molecule has 0 aliphatic carbocycles. The number of halogens is 1. The molecule has 0 bridgehead atoms. The molecule has 1 saturated heterocycles. The van der Waals surface area contributed by atoms with E-state index in [9.17, 15) is 0 Å². The van der Waals surface area contributed by atoms with Gasteiger partial charge >= 0.3 is 0 Å². The van der Waals surface area contributed by atoms with Gasteiger partial charge in [-0.1, -0.05) is 16.8 Å². The molecule has 0 radical (unpaired) electrons. The summed E-state index contributed by atoms with van der Waals surface area (Å²) in [6.07, 6.45) is 0. The highest BCUT2D eigenvalue weighted by atomic mass is 35.5. The lowest BCUT2D eigenvalue weighted by atomic mass is 10.3. The molecular weight excluding hydrogens is 410 g/mol. The summed E-state index contributed by atoms with van der Waals surface area (Å²) in [5, 5.41) is 4.82. The van der Waals surface area contributed by atoms with Crippen molar-refractivity contribution in [2.45, 2.75) is 26.7 Å². The van der Waals surface area contributed by atoms with E-state index in [1.807, 2.05) is 31.2 Å². The average molecular weight is 436 g/mol. The van der Waals surface area contributed by atoms with Crippen LogP contribution in [-0.4, -0.2) is 64.0 Å². The summed E-state index contributed by atoms with van der Waals surface area (Å²) in [6.45, 7) is 8.79. The van der Waals surface area contributed by atoms with E-state index in [0.29, 0.717) is 6.61 Å². The van der Waals surface area contributed by atoms with Gasteiger partial charge in [-0.05, 0) is 37.3 Å². The van der Waals surface area contributed by atoms with Crippen LogP contribution in [0.3, 0.4) is 0 Å². The van der Waals surface area contributed by atoms with Gasteiger partial charge in [0.2, 0.25) is 0 Å². The number of nitrogens with zero attached hydrogens (tertiary/aromatic N) is 5. The number of rotatable bonds is 7. The van der Waals surface area contributed by atoms with Crippen molar-refractivity contribution in [2.75, 3.05) is 39.9 Å². The quantitative estimate of drug-likeness (QED) is 0.529. The molecule has 156 valence electrons. The first-order valence-electron chi connectivity index (χ1n) is 9.79. The minimum Gasteiger partial charge on any atom is -0.383 e. The van der Waals surface area contributed by atoms with Crippen LogP contribution < -0.4 is 0 Å². The highest BCUT2D eigenvalue weighted by Crippen LogP contribution is 2.23. The van der Waals surface area contributed by atoms with Crippen molar-refractivity contribution in [1.82, 2.24) is 24.1 Å². The fraction of sp³-hybridized carbons (Fsp3) is 0.500. The van der Waals surface area contributed by atoms with E-state index >= 15 is 0 Å². The van der Waals surface area contributed by atoms with Crippen LogP contribution in [0.5, 0.6) is 0 Å². The van der Waals surface area contributed by atoms with Gasteiger partial charge in [-0.3, -0.25) is 9.80 Å². The van der Waals surface area contributed by atoms with E-state index in [1.54, 1.807) is 7.11 Å². The Morgan fingerprint density at radius 3 is 2.55 bits per heavy atom. The monoisotopic (exact) mass is 435 g/mol. The number of methoxy groups -OCH3 is 1. The molecule has 1 aromatic carbocycles. The fourth-order valence-corrected chi connectivity index (χ4v) is 4.35. The van der Waals surface area contributed by atoms with Gasteiger partial charge in [0.15, 0.2) is 4.77 Å². The molecule has 4 rings (SSSR count). The van der Waals surface area contributed by atoms with E-state index in [4.69, 9.17) is 33.1 Å². The van der Waals surface area contributed by atoms with E-state index < -0.39 is 0 Å². The van der Waals surface area contributed by atoms with Crippen molar-refractivity contribution < 1.29 is 9.26 Å². The largest absolute Gasteiger partial charge is 0.383 e. The average Bonchev–Trinajstić information content (AvgIpc) is 3.23. The summed E-state index contributed by atoms with van der Waals surface area (Å²) in [5.74, 6) is 0.858. The number of hydrogen-bond acceptors (Lipinski definition) is 6. The zero-order valence-electron chi connectivity index (χ0n) is 16.8. The maximum atomic E-state index is 6.28. The minimum atomic E-state index is 0.621. The normalized spacial score (nSPS) is 16.1. The van der Waals surface area contributed by atoms with Crippen molar-refractivity contribution >= 4 is 34.9 Å². The summed E-state index contributed by atoms with van der Waals surface area (Å²) in [6, 6.07) is 7.96. The number of ether oxygens (including phenoxy) is 1. The van der Waals surface area contributed by atoms with Crippen LogP contribution in [0.2, 0.25) is 5.02 Å². The van der Waals surface area contributed by atoms with Crippen molar-refractivity contribution in [3.05, 3.63) is 45.5 Å². The summed E-state index contributed by atoms with van der Waals surface area (Å²) < 4.78 is 15.6. The van der Waals surface area contributed by atoms with Gasteiger partial charge in [0.1, 0.15) is 5.76 Å². The standard InChI is InChI=1S/C20H26ClN5O2S/c1-15-11-17(22-28-15)13-23-5-7-24(8-6-23)14-26-19-12-16(21)3-4-18(19)25(20(26)29)9-10-27-2/h3-4,11-12H,5-10,13-14H2,1-2H3. The lowest BCUT2D eigenvalue weighted by Crippen LogP contribution is -2.46. The molecule has 29 heavy (non-hydrogen) atoms. The van der Waals surface area contributed by atoms with Gasteiger partial charge < -0.3 is 18.4 Å². The summed E-state index contributed by atoms with van der Waals surface area (Å²) in [5.41, 5.74) is 3.16. The van der Waals surface area contributed by atoms with Gasteiger partial charge in [-0.25, -0.2) is 0 Å². The summed E-state index contributed by atoms with van der Waals surface area (Å²) in [7, 11) is 1.71. The molecule has 0 spiro atoms.